The van der Waals surface area contributed by atoms with Gasteiger partial charge in [-0.15, -0.1) is 24.8 Å². The highest BCUT2D eigenvalue weighted by Crippen LogP contribution is 2.26. The highest BCUT2D eigenvalue weighted by atomic mass is 35.5. The summed E-state index contributed by atoms with van der Waals surface area (Å²) in [6.07, 6.45) is -0.424. The molecule has 0 aliphatic carbocycles. The second-order valence-electron chi connectivity index (χ2n) is 6.16. The Balaban J connectivity index is 0.00000288. The van der Waals surface area contributed by atoms with Crippen molar-refractivity contribution in [3.8, 4) is 0 Å². The predicted molar refractivity (Wildman–Crippen MR) is 96.8 cm³/mol. The highest BCUT2D eigenvalue weighted by Gasteiger charge is 2.43. The monoisotopic (exact) mass is 404 g/mol. The first kappa shape index (κ1) is 24.3. The molecule has 0 aromatic heterocycles. The fourth-order valence-electron chi connectivity index (χ4n) is 3.10. The van der Waals surface area contributed by atoms with Crippen LogP contribution in [-0.2, 0) is 9.59 Å². The quantitative estimate of drug-likeness (QED) is 0.737. The molecule has 2 saturated heterocycles. The SMILES string of the molecule is CCN(CC)C(=O)CN1CCN(C(=O)C2CC(F)(F)CN2)CC1.Cl.Cl. The maximum Gasteiger partial charge on any atom is 0.262 e. The van der Waals surface area contributed by atoms with Crippen molar-refractivity contribution in [2.45, 2.75) is 32.2 Å². The Labute approximate surface area is 160 Å². The molecule has 10 heteroatoms. The first-order valence-corrected chi connectivity index (χ1v) is 8.26. The highest BCUT2D eigenvalue weighted by molar-refractivity contribution is 5.85. The van der Waals surface area contributed by atoms with E-state index < -0.39 is 24.9 Å². The standard InChI is InChI=1S/C15H26F2N4O2.2ClH/c1-3-20(4-2)13(22)10-19-5-7-21(8-6-19)14(23)12-9-15(16,17)11-18-12;;/h12,18H,3-11H2,1-2H3;2*1H. The van der Waals surface area contributed by atoms with Crippen LogP contribution in [-0.4, -0.2) is 90.8 Å². The Kier molecular flexibility index (Phi) is 10.2. The zero-order chi connectivity index (χ0) is 17.0. The maximum atomic E-state index is 13.2. The van der Waals surface area contributed by atoms with Crippen LogP contribution in [0.1, 0.15) is 20.3 Å². The van der Waals surface area contributed by atoms with Gasteiger partial charge in [0.2, 0.25) is 11.8 Å². The minimum absolute atomic E-state index is 0. The van der Waals surface area contributed by atoms with Gasteiger partial charge in [-0.1, -0.05) is 0 Å². The zero-order valence-electron chi connectivity index (χ0n) is 14.7. The number of piperazine rings is 1. The van der Waals surface area contributed by atoms with Crippen LogP contribution in [0.4, 0.5) is 8.78 Å². The molecule has 0 spiro atoms. The Hall–Kier alpha value is -0.700. The van der Waals surface area contributed by atoms with E-state index in [1.54, 1.807) is 9.80 Å². The molecular formula is C15H28Cl2F2N4O2. The van der Waals surface area contributed by atoms with E-state index in [0.29, 0.717) is 45.8 Å². The summed E-state index contributed by atoms with van der Waals surface area (Å²) in [4.78, 5) is 29.8. The van der Waals surface area contributed by atoms with Crippen LogP contribution in [0.5, 0.6) is 0 Å². The zero-order valence-corrected chi connectivity index (χ0v) is 16.3. The molecule has 2 aliphatic rings. The van der Waals surface area contributed by atoms with E-state index in [2.05, 4.69) is 5.32 Å². The smallest absolute Gasteiger partial charge is 0.262 e. The van der Waals surface area contributed by atoms with E-state index in [4.69, 9.17) is 0 Å². The van der Waals surface area contributed by atoms with Crippen molar-refractivity contribution in [2.75, 3.05) is 52.4 Å². The number of hydrogen-bond acceptors (Lipinski definition) is 4. The topological polar surface area (TPSA) is 55.9 Å². The average molecular weight is 405 g/mol. The van der Waals surface area contributed by atoms with Crippen molar-refractivity contribution in [2.24, 2.45) is 0 Å². The Morgan fingerprint density at radius 1 is 1.12 bits per heavy atom. The van der Waals surface area contributed by atoms with E-state index in [9.17, 15) is 18.4 Å². The molecule has 2 heterocycles. The van der Waals surface area contributed by atoms with Gasteiger partial charge in [-0.3, -0.25) is 19.8 Å². The van der Waals surface area contributed by atoms with E-state index in [0.717, 1.165) is 0 Å². The number of carbonyl (C=O) groups excluding carboxylic acids is 2. The lowest BCUT2D eigenvalue weighted by Crippen LogP contribution is -2.54. The van der Waals surface area contributed by atoms with Crippen molar-refractivity contribution in [1.82, 2.24) is 20.0 Å². The molecule has 0 aromatic carbocycles. The minimum atomic E-state index is -2.79. The molecule has 1 unspecified atom stereocenters. The molecule has 2 rings (SSSR count). The largest absolute Gasteiger partial charge is 0.342 e. The number of alkyl halides is 2. The van der Waals surface area contributed by atoms with Gasteiger partial charge in [-0.25, -0.2) is 8.78 Å². The summed E-state index contributed by atoms with van der Waals surface area (Å²) >= 11 is 0. The van der Waals surface area contributed by atoms with Crippen LogP contribution >= 0.6 is 24.8 Å². The van der Waals surface area contributed by atoms with Crippen LogP contribution in [0.25, 0.3) is 0 Å². The normalized spacial score (nSPS) is 22.7. The van der Waals surface area contributed by atoms with Gasteiger partial charge in [-0.2, -0.15) is 0 Å². The summed E-state index contributed by atoms with van der Waals surface area (Å²) in [7, 11) is 0. The summed E-state index contributed by atoms with van der Waals surface area (Å²) < 4.78 is 26.4. The van der Waals surface area contributed by atoms with E-state index >= 15 is 0 Å². The summed E-state index contributed by atoms with van der Waals surface area (Å²) in [6.45, 7) is 7.35. The lowest BCUT2D eigenvalue weighted by atomic mass is 10.1. The van der Waals surface area contributed by atoms with Gasteiger partial charge in [0.25, 0.3) is 5.92 Å². The molecule has 1 N–H and O–H groups in total. The van der Waals surface area contributed by atoms with Crippen molar-refractivity contribution in [3.63, 3.8) is 0 Å². The summed E-state index contributed by atoms with van der Waals surface area (Å²) in [5.74, 6) is -2.96. The molecule has 148 valence electrons. The van der Waals surface area contributed by atoms with Gasteiger partial charge in [0.05, 0.1) is 19.1 Å². The summed E-state index contributed by atoms with van der Waals surface area (Å²) in [5.41, 5.74) is 0. The summed E-state index contributed by atoms with van der Waals surface area (Å²) in [6, 6.07) is -0.783. The van der Waals surface area contributed by atoms with Crippen molar-refractivity contribution >= 4 is 36.6 Å². The first-order valence-electron chi connectivity index (χ1n) is 8.26. The van der Waals surface area contributed by atoms with Crippen LogP contribution in [0, 0.1) is 0 Å². The van der Waals surface area contributed by atoms with Gasteiger partial charge in [-0.05, 0) is 13.8 Å². The maximum absolute atomic E-state index is 13.2. The number of amides is 2. The fraction of sp³-hybridized carbons (Fsp3) is 0.867. The van der Waals surface area contributed by atoms with Crippen LogP contribution in [0.2, 0.25) is 0 Å². The molecule has 25 heavy (non-hydrogen) atoms. The molecule has 0 bridgehead atoms. The van der Waals surface area contributed by atoms with Crippen LogP contribution in [0.3, 0.4) is 0 Å². The molecule has 2 aliphatic heterocycles. The number of halogens is 4. The fourth-order valence-corrected chi connectivity index (χ4v) is 3.10. The van der Waals surface area contributed by atoms with Gasteiger partial charge >= 0.3 is 0 Å². The number of likely N-dealkylation sites (N-methyl/N-ethyl adjacent to an activating group) is 1. The van der Waals surface area contributed by atoms with Crippen molar-refractivity contribution in [3.05, 3.63) is 0 Å². The Morgan fingerprint density at radius 2 is 1.68 bits per heavy atom. The molecule has 1 atom stereocenters. The predicted octanol–water partition coefficient (Wildman–Crippen LogP) is 0.840. The number of nitrogens with one attached hydrogen (secondary N) is 1. The minimum Gasteiger partial charge on any atom is -0.342 e. The van der Waals surface area contributed by atoms with E-state index in [1.807, 2.05) is 18.7 Å². The van der Waals surface area contributed by atoms with Crippen molar-refractivity contribution < 1.29 is 18.4 Å². The third-order valence-corrected chi connectivity index (χ3v) is 4.57. The Bertz CT molecular complexity index is 445. The molecule has 2 fully saturated rings. The average Bonchev–Trinajstić information content (AvgIpc) is 2.88. The van der Waals surface area contributed by atoms with Crippen molar-refractivity contribution in [1.29, 1.82) is 0 Å². The number of carbonyl (C=O) groups is 2. The van der Waals surface area contributed by atoms with Gasteiger partial charge in [0.1, 0.15) is 0 Å². The third kappa shape index (κ3) is 6.51. The Morgan fingerprint density at radius 3 is 2.12 bits per heavy atom. The number of hydrogen-bond donors (Lipinski definition) is 1. The lowest BCUT2D eigenvalue weighted by Gasteiger charge is -2.36. The molecular weight excluding hydrogens is 377 g/mol. The second kappa shape index (κ2) is 10.4. The van der Waals surface area contributed by atoms with E-state index in [-0.39, 0.29) is 36.6 Å². The molecule has 0 aromatic rings. The van der Waals surface area contributed by atoms with Gasteiger partial charge in [0, 0.05) is 45.7 Å². The molecule has 0 radical (unpaired) electrons. The molecule has 6 nitrogen and oxygen atoms in total. The van der Waals surface area contributed by atoms with Crippen LogP contribution < -0.4 is 5.32 Å². The second-order valence-corrected chi connectivity index (χ2v) is 6.16. The van der Waals surface area contributed by atoms with E-state index in [1.165, 1.54) is 0 Å². The molecule has 2 amide bonds. The first-order chi connectivity index (χ1) is 10.9. The summed E-state index contributed by atoms with van der Waals surface area (Å²) in [5, 5.41) is 2.60. The molecule has 0 saturated carbocycles. The van der Waals surface area contributed by atoms with Crippen LogP contribution in [0.15, 0.2) is 0 Å². The third-order valence-electron chi connectivity index (χ3n) is 4.57. The van der Waals surface area contributed by atoms with Gasteiger partial charge in [0.15, 0.2) is 0 Å². The number of nitrogens with zero attached hydrogens (tertiary/aromatic N) is 3. The van der Waals surface area contributed by atoms with Gasteiger partial charge < -0.3 is 9.80 Å². The lowest BCUT2D eigenvalue weighted by molar-refractivity contribution is -0.136. The number of rotatable bonds is 5.